The van der Waals surface area contributed by atoms with Crippen molar-refractivity contribution in [2.75, 3.05) is 0 Å². The average molecular weight is 444 g/mol. The third kappa shape index (κ3) is 6.94. The van der Waals surface area contributed by atoms with Gasteiger partial charge in [-0.25, -0.2) is 9.59 Å². The highest BCUT2D eigenvalue weighted by atomic mass is 79.9. The first kappa shape index (κ1) is 21.3. The summed E-state index contributed by atoms with van der Waals surface area (Å²) in [5.41, 5.74) is 4.65. The molecule has 7 heteroatoms. The number of carbonyl (C=O) groups is 2. The van der Waals surface area contributed by atoms with Gasteiger partial charge in [0.1, 0.15) is 0 Å². The summed E-state index contributed by atoms with van der Waals surface area (Å²) in [5.74, 6) is -3.65. The lowest BCUT2D eigenvalue weighted by Crippen LogP contribution is -2.09. The van der Waals surface area contributed by atoms with Gasteiger partial charge < -0.3 is 14.9 Å². The number of pyridine rings is 1. The highest BCUT2D eigenvalue weighted by Gasteiger charge is 2.04. The van der Waals surface area contributed by atoms with Gasteiger partial charge in [0, 0.05) is 16.9 Å². The van der Waals surface area contributed by atoms with Crippen molar-refractivity contribution in [2.45, 2.75) is 13.2 Å². The monoisotopic (exact) mass is 443 g/mol. The first-order chi connectivity index (χ1) is 13.5. The maximum Gasteiger partial charge on any atom is 0.414 e. The maximum absolute atomic E-state index is 9.10. The van der Waals surface area contributed by atoms with Gasteiger partial charge in [0.15, 0.2) is 0 Å². The highest BCUT2D eigenvalue weighted by molar-refractivity contribution is 9.10. The minimum atomic E-state index is -1.82. The zero-order chi connectivity index (χ0) is 20.4. The Hall–Kier alpha value is -3.03. The van der Waals surface area contributed by atoms with Gasteiger partial charge in [-0.2, -0.15) is 0 Å². The van der Waals surface area contributed by atoms with Crippen molar-refractivity contribution in [2.24, 2.45) is 0 Å². The van der Waals surface area contributed by atoms with E-state index in [0.717, 1.165) is 10.0 Å². The Morgan fingerprint density at radius 3 is 2.07 bits per heavy atom. The molecule has 0 bridgehead atoms. The van der Waals surface area contributed by atoms with Crippen LogP contribution in [0.25, 0.3) is 11.1 Å². The fourth-order valence-electron chi connectivity index (χ4n) is 2.25. The van der Waals surface area contributed by atoms with E-state index in [0.29, 0.717) is 13.2 Å². The largest absolute Gasteiger partial charge is 0.473 e. The molecule has 0 aliphatic heterocycles. The van der Waals surface area contributed by atoms with Crippen LogP contribution in [0.3, 0.4) is 0 Å². The molecule has 0 saturated heterocycles. The van der Waals surface area contributed by atoms with Gasteiger partial charge in [0.05, 0.1) is 13.2 Å². The second-order valence-electron chi connectivity index (χ2n) is 5.64. The van der Waals surface area contributed by atoms with E-state index in [1.165, 1.54) is 16.7 Å². The molecule has 0 aliphatic carbocycles. The van der Waals surface area contributed by atoms with Crippen LogP contribution >= 0.6 is 15.9 Å². The molecular weight excluding hydrogens is 426 g/mol. The molecular formula is C21H18BrNO5. The van der Waals surface area contributed by atoms with Crippen LogP contribution in [0.5, 0.6) is 0 Å². The number of benzene rings is 2. The van der Waals surface area contributed by atoms with Gasteiger partial charge >= 0.3 is 11.9 Å². The van der Waals surface area contributed by atoms with Gasteiger partial charge in [-0.15, -0.1) is 0 Å². The molecule has 0 atom stereocenters. The number of nitrogens with zero attached hydrogens (tertiary/aromatic N) is 1. The van der Waals surface area contributed by atoms with Crippen molar-refractivity contribution in [3.05, 3.63) is 88.7 Å². The number of hydrogen-bond acceptors (Lipinski definition) is 4. The predicted octanol–water partition coefficient (Wildman–Crippen LogP) is 4.38. The molecule has 1 aromatic heterocycles. The molecule has 0 aliphatic rings. The quantitative estimate of drug-likeness (QED) is 0.567. The molecule has 0 unspecified atom stereocenters. The molecule has 2 N–H and O–H groups in total. The van der Waals surface area contributed by atoms with E-state index in [2.05, 4.69) is 57.3 Å². The van der Waals surface area contributed by atoms with Gasteiger partial charge in [-0.1, -0.05) is 64.5 Å². The van der Waals surface area contributed by atoms with Crippen molar-refractivity contribution in [1.29, 1.82) is 0 Å². The van der Waals surface area contributed by atoms with Gasteiger partial charge in [-0.05, 0) is 34.4 Å². The second kappa shape index (κ2) is 11.0. The highest BCUT2D eigenvalue weighted by Crippen LogP contribution is 2.28. The Labute approximate surface area is 170 Å². The fourth-order valence-corrected chi connectivity index (χ4v) is 2.76. The third-order valence-corrected chi connectivity index (χ3v) is 4.27. The summed E-state index contributed by atoms with van der Waals surface area (Å²) in [6, 6.07) is 20.6. The van der Waals surface area contributed by atoms with Crippen molar-refractivity contribution in [3.63, 3.8) is 0 Å². The van der Waals surface area contributed by atoms with Crippen LogP contribution in [0, 0.1) is 0 Å². The Balaban J connectivity index is 0.000000409. The molecule has 1 heterocycles. The molecule has 0 saturated carbocycles. The van der Waals surface area contributed by atoms with Crippen LogP contribution in [-0.2, 0) is 27.5 Å². The fraction of sp³-hybridized carbons (Fsp3) is 0.0952. The summed E-state index contributed by atoms with van der Waals surface area (Å²) in [5, 5.41) is 14.8. The summed E-state index contributed by atoms with van der Waals surface area (Å²) < 4.78 is 6.83. The van der Waals surface area contributed by atoms with Crippen LogP contribution in [0.15, 0.2) is 77.5 Å². The summed E-state index contributed by atoms with van der Waals surface area (Å²) >= 11 is 3.59. The first-order valence-corrected chi connectivity index (χ1v) is 9.03. The summed E-state index contributed by atoms with van der Waals surface area (Å²) in [4.78, 5) is 22.3. The minimum absolute atomic E-state index is 0.583. The number of hydrogen-bond donors (Lipinski definition) is 2. The van der Waals surface area contributed by atoms with E-state index in [1.54, 1.807) is 6.20 Å². The van der Waals surface area contributed by atoms with E-state index < -0.39 is 11.9 Å². The first-order valence-electron chi connectivity index (χ1n) is 8.24. The zero-order valence-corrected chi connectivity index (χ0v) is 16.4. The number of ether oxygens (including phenoxy) is 1. The maximum atomic E-state index is 9.10. The zero-order valence-electron chi connectivity index (χ0n) is 14.8. The molecule has 3 rings (SSSR count). The number of halogens is 1. The number of carboxylic acid groups (broad SMARTS) is 2. The van der Waals surface area contributed by atoms with Crippen LogP contribution in [0.4, 0.5) is 0 Å². The van der Waals surface area contributed by atoms with E-state index in [1.807, 2.05) is 30.5 Å². The van der Waals surface area contributed by atoms with Crippen LogP contribution < -0.4 is 0 Å². The summed E-state index contributed by atoms with van der Waals surface area (Å²) in [6.45, 7) is 1.19. The van der Waals surface area contributed by atoms with Gasteiger partial charge in [0.25, 0.3) is 0 Å². The Kier molecular flexibility index (Phi) is 8.33. The van der Waals surface area contributed by atoms with Crippen molar-refractivity contribution < 1.29 is 24.5 Å². The third-order valence-electron chi connectivity index (χ3n) is 3.58. The average Bonchev–Trinajstić information content (AvgIpc) is 2.70. The molecule has 0 radical (unpaired) electrons. The van der Waals surface area contributed by atoms with Crippen LogP contribution in [-0.4, -0.2) is 27.1 Å². The molecule has 3 aromatic rings. The van der Waals surface area contributed by atoms with Crippen molar-refractivity contribution in [1.82, 2.24) is 4.98 Å². The summed E-state index contributed by atoms with van der Waals surface area (Å²) in [6.07, 6.45) is 3.60. The molecule has 0 spiro atoms. The van der Waals surface area contributed by atoms with Crippen LogP contribution in [0.2, 0.25) is 0 Å². The van der Waals surface area contributed by atoms with E-state index in [4.69, 9.17) is 24.5 Å². The van der Waals surface area contributed by atoms with E-state index in [-0.39, 0.29) is 0 Å². The topological polar surface area (TPSA) is 96.7 Å². The van der Waals surface area contributed by atoms with Crippen molar-refractivity contribution in [3.8, 4) is 11.1 Å². The molecule has 6 nitrogen and oxygen atoms in total. The lowest BCUT2D eigenvalue weighted by Gasteiger charge is -2.07. The standard InChI is InChI=1S/C19H16BrNO.C2H2O4/c20-19-6-2-1-5-18(19)17-9-7-15(8-10-17)13-22-14-16-4-3-11-21-12-16;3-1(4)2(5)6/h1-12H,13-14H2;(H,3,4)(H,5,6). The molecule has 144 valence electrons. The predicted molar refractivity (Wildman–Crippen MR) is 108 cm³/mol. The number of carboxylic acids is 2. The van der Waals surface area contributed by atoms with E-state index >= 15 is 0 Å². The number of rotatable bonds is 5. The number of aromatic nitrogens is 1. The van der Waals surface area contributed by atoms with Crippen molar-refractivity contribution >= 4 is 27.9 Å². The van der Waals surface area contributed by atoms with E-state index in [9.17, 15) is 0 Å². The normalized spacial score (nSPS) is 9.89. The SMILES string of the molecule is Brc1ccccc1-c1ccc(COCc2cccnc2)cc1.O=C(O)C(=O)O. The molecule has 0 amide bonds. The molecule has 28 heavy (non-hydrogen) atoms. The summed E-state index contributed by atoms with van der Waals surface area (Å²) in [7, 11) is 0. The number of aliphatic carboxylic acids is 2. The Morgan fingerprint density at radius 1 is 0.857 bits per heavy atom. The van der Waals surface area contributed by atoms with Gasteiger partial charge in [-0.3, -0.25) is 4.98 Å². The van der Waals surface area contributed by atoms with Crippen LogP contribution in [0.1, 0.15) is 11.1 Å². The lowest BCUT2D eigenvalue weighted by atomic mass is 10.0. The smallest absolute Gasteiger partial charge is 0.414 e. The molecule has 0 fully saturated rings. The molecule has 2 aromatic carbocycles. The minimum Gasteiger partial charge on any atom is -0.473 e. The second-order valence-corrected chi connectivity index (χ2v) is 6.50. The Morgan fingerprint density at radius 2 is 1.50 bits per heavy atom. The lowest BCUT2D eigenvalue weighted by molar-refractivity contribution is -0.159. The Bertz CT molecular complexity index is 902. The van der Waals surface area contributed by atoms with Gasteiger partial charge in [0.2, 0.25) is 0 Å².